The fourth-order valence-corrected chi connectivity index (χ4v) is 3.52. The molecule has 10 heteroatoms. The number of alkyl halides is 3. The molecule has 5 aromatic rings. The SMILES string of the molecule is N#Cc1cccc(Nc2nccc(-c3c(-c4ccc(C(F)(F)F)cc4)nn4ncccc34)n2)c1. The van der Waals surface area contributed by atoms with Gasteiger partial charge >= 0.3 is 6.18 Å². The molecule has 3 heterocycles. The molecule has 0 radical (unpaired) electrons. The predicted molar refractivity (Wildman–Crippen MR) is 119 cm³/mol. The minimum atomic E-state index is -4.43. The largest absolute Gasteiger partial charge is 0.416 e. The highest BCUT2D eigenvalue weighted by molar-refractivity contribution is 5.90. The number of nitrogens with one attached hydrogen (secondary N) is 1. The lowest BCUT2D eigenvalue weighted by molar-refractivity contribution is -0.137. The van der Waals surface area contributed by atoms with E-state index in [0.29, 0.717) is 39.3 Å². The maximum Gasteiger partial charge on any atom is 0.416 e. The molecule has 166 valence electrons. The van der Waals surface area contributed by atoms with Crippen LogP contribution in [0.3, 0.4) is 0 Å². The van der Waals surface area contributed by atoms with Crippen molar-refractivity contribution in [2.45, 2.75) is 6.18 Å². The Kier molecular flexibility index (Phi) is 5.14. The maximum atomic E-state index is 13.0. The average Bonchev–Trinajstić information content (AvgIpc) is 3.23. The van der Waals surface area contributed by atoms with Gasteiger partial charge in [-0.3, -0.25) is 0 Å². The number of benzene rings is 2. The number of nitriles is 1. The highest BCUT2D eigenvalue weighted by atomic mass is 19.4. The lowest BCUT2D eigenvalue weighted by Gasteiger charge is -2.09. The van der Waals surface area contributed by atoms with Gasteiger partial charge in [0.15, 0.2) is 0 Å². The van der Waals surface area contributed by atoms with Crippen molar-refractivity contribution in [2.24, 2.45) is 0 Å². The lowest BCUT2D eigenvalue weighted by Crippen LogP contribution is -2.04. The molecule has 0 amide bonds. The van der Waals surface area contributed by atoms with E-state index in [-0.39, 0.29) is 5.95 Å². The van der Waals surface area contributed by atoms with E-state index in [0.717, 1.165) is 12.1 Å². The molecule has 3 aromatic heterocycles. The Morgan fingerprint density at radius 3 is 2.53 bits per heavy atom. The highest BCUT2D eigenvalue weighted by Crippen LogP contribution is 2.36. The van der Waals surface area contributed by atoms with Crippen LogP contribution in [0, 0.1) is 11.3 Å². The van der Waals surface area contributed by atoms with Crippen LogP contribution in [0.4, 0.5) is 24.8 Å². The van der Waals surface area contributed by atoms with Gasteiger partial charge in [0.2, 0.25) is 5.95 Å². The summed E-state index contributed by atoms with van der Waals surface area (Å²) in [6, 6.07) is 19.0. The van der Waals surface area contributed by atoms with Crippen LogP contribution < -0.4 is 5.32 Å². The van der Waals surface area contributed by atoms with Crippen LogP contribution in [0.15, 0.2) is 79.1 Å². The van der Waals surface area contributed by atoms with Crippen molar-refractivity contribution in [1.82, 2.24) is 24.8 Å². The minimum absolute atomic E-state index is 0.286. The van der Waals surface area contributed by atoms with Crippen molar-refractivity contribution in [3.63, 3.8) is 0 Å². The van der Waals surface area contributed by atoms with Gasteiger partial charge in [-0.15, -0.1) is 5.10 Å². The van der Waals surface area contributed by atoms with Gasteiger partial charge in [0.1, 0.15) is 5.69 Å². The average molecular weight is 457 g/mol. The Labute approximate surface area is 191 Å². The molecule has 0 spiro atoms. The number of fused-ring (bicyclic) bond motifs is 1. The molecule has 0 unspecified atom stereocenters. The summed E-state index contributed by atoms with van der Waals surface area (Å²) in [7, 11) is 0. The van der Waals surface area contributed by atoms with E-state index in [4.69, 9.17) is 5.26 Å². The minimum Gasteiger partial charge on any atom is -0.324 e. The van der Waals surface area contributed by atoms with E-state index >= 15 is 0 Å². The van der Waals surface area contributed by atoms with Crippen LogP contribution in [0.2, 0.25) is 0 Å². The molecular formula is C24H14F3N7. The molecule has 5 rings (SSSR count). The normalized spacial score (nSPS) is 11.4. The first kappa shape index (κ1) is 21.1. The van der Waals surface area contributed by atoms with Gasteiger partial charge in [-0.1, -0.05) is 18.2 Å². The number of hydrogen-bond acceptors (Lipinski definition) is 6. The first-order valence-electron chi connectivity index (χ1n) is 10.0. The molecule has 0 aliphatic carbocycles. The lowest BCUT2D eigenvalue weighted by atomic mass is 10.0. The van der Waals surface area contributed by atoms with E-state index in [2.05, 4.69) is 31.6 Å². The van der Waals surface area contributed by atoms with Gasteiger partial charge in [0.25, 0.3) is 0 Å². The first-order valence-corrected chi connectivity index (χ1v) is 10.0. The molecule has 0 bridgehead atoms. The molecule has 34 heavy (non-hydrogen) atoms. The van der Waals surface area contributed by atoms with Gasteiger partial charge in [0.05, 0.1) is 34.0 Å². The molecule has 0 atom stereocenters. The Morgan fingerprint density at radius 1 is 0.941 bits per heavy atom. The predicted octanol–water partition coefficient (Wildman–Crippen LogP) is 5.49. The van der Waals surface area contributed by atoms with Crippen LogP contribution in [0.1, 0.15) is 11.1 Å². The summed E-state index contributed by atoms with van der Waals surface area (Å²) in [5, 5.41) is 20.9. The second-order valence-corrected chi connectivity index (χ2v) is 7.28. The van der Waals surface area contributed by atoms with Crippen molar-refractivity contribution >= 4 is 17.2 Å². The fourth-order valence-electron chi connectivity index (χ4n) is 3.52. The zero-order chi connectivity index (χ0) is 23.7. The van der Waals surface area contributed by atoms with Crippen molar-refractivity contribution < 1.29 is 13.2 Å². The van der Waals surface area contributed by atoms with Gasteiger partial charge in [-0.2, -0.15) is 28.2 Å². The summed E-state index contributed by atoms with van der Waals surface area (Å²) < 4.78 is 40.5. The Morgan fingerprint density at radius 2 is 1.76 bits per heavy atom. The summed E-state index contributed by atoms with van der Waals surface area (Å²) in [6.07, 6.45) is -1.30. The fraction of sp³-hybridized carbons (Fsp3) is 0.0417. The van der Waals surface area contributed by atoms with Gasteiger partial charge in [0, 0.05) is 23.6 Å². The van der Waals surface area contributed by atoms with Crippen LogP contribution >= 0.6 is 0 Å². The van der Waals surface area contributed by atoms with E-state index in [1.165, 1.54) is 16.8 Å². The molecule has 0 fully saturated rings. The summed E-state index contributed by atoms with van der Waals surface area (Å²) >= 11 is 0. The number of rotatable bonds is 4. The molecule has 0 aliphatic heterocycles. The number of aromatic nitrogens is 5. The molecule has 7 nitrogen and oxygen atoms in total. The number of hydrogen-bond donors (Lipinski definition) is 1. The number of nitrogens with zero attached hydrogens (tertiary/aromatic N) is 6. The third kappa shape index (κ3) is 4.02. The van der Waals surface area contributed by atoms with Crippen LogP contribution in [-0.2, 0) is 6.18 Å². The zero-order valence-electron chi connectivity index (χ0n) is 17.3. The third-order valence-corrected chi connectivity index (χ3v) is 5.06. The van der Waals surface area contributed by atoms with E-state index in [9.17, 15) is 13.2 Å². The topological polar surface area (TPSA) is 91.8 Å². The number of anilines is 2. The summed E-state index contributed by atoms with van der Waals surface area (Å²) in [6.45, 7) is 0. The maximum absolute atomic E-state index is 13.0. The Bertz CT molecular complexity index is 1530. The van der Waals surface area contributed by atoms with Crippen molar-refractivity contribution in [2.75, 3.05) is 5.32 Å². The quantitative estimate of drug-likeness (QED) is 0.384. The first-order chi connectivity index (χ1) is 16.4. The molecule has 0 saturated heterocycles. The van der Waals surface area contributed by atoms with Gasteiger partial charge < -0.3 is 5.32 Å². The van der Waals surface area contributed by atoms with Gasteiger partial charge in [-0.05, 0) is 48.5 Å². The highest BCUT2D eigenvalue weighted by Gasteiger charge is 2.30. The Balaban J connectivity index is 1.60. The standard InChI is InChI=1S/C24H14F3N7/c25-24(26,27)17-8-6-16(7-9-17)22-21(20-5-2-11-30-34(20)33-22)19-10-12-29-23(32-19)31-18-4-1-3-15(13-18)14-28/h1-13H,(H,29,31,32). The number of halogens is 3. The molecule has 0 saturated carbocycles. The van der Waals surface area contributed by atoms with Crippen molar-refractivity contribution in [1.29, 1.82) is 5.26 Å². The molecule has 2 aromatic carbocycles. The second kappa shape index (κ2) is 8.29. The van der Waals surface area contributed by atoms with Crippen LogP contribution in [-0.4, -0.2) is 24.8 Å². The summed E-state index contributed by atoms with van der Waals surface area (Å²) in [4.78, 5) is 8.84. The smallest absolute Gasteiger partial charge is 0.324 e. The van der Waals surface area contributed by atoms with E-state index < -0.39 is 11.7 Å². The summed E-state index contributed by atoms with van der Waals surface area (Å²) in [5.74, 6) is 0.286. The van der Waals surface area contributed by atoms with Crippen molar-refractivity contribution in [3.8, 4) is 28.6 Å². The van der Waals surface area contributed by atoms with E-state index in [1.807, 2.05) is 0 Å². The monoisotopic (exact) mass is 457 g/mol. The van der Waals surface area contributed by atoms with Crippen LogP contribution in [0.5, 0.6) is 0 Å². The van der Waals surface area contributed by atoms with Gasteiger partial charge in [-0.25, -0.2) is 9.97 Å². The molecule has 0 aliphatic rings. The molecular weight excluding hydrogens is 443 g/mol. The zero-order valence-corrected chi connectivity index (χ0v) is 17.3. The van der Waals surface area contributed by atoms with Crippen LogP contribution in [0.25, 0.3) is 28.0 Å². The molecule has 1 N–H and O–H groups in total. The summed E-state index contributed by atoms with van der Waals surface area (Å²) in [5.41, 5.74) is 3.05. The third-order valence-electron chi connectivity index (χ3n) is 5.06. The van der Waals surface area contributed by atoms with Crippen molar-refractivity contribution in [3.05, 3.63) is 90.3 Å². The Hall–Kier alpha value is -4.78. The van der Waals surface area contributed by atoms with E-state index in [1.54, 1.807) is 54.9 Å². The second-order valence-electron chi connectivity index (χ2n) is 7.28.